The van der Waals surface area contributed by atoms with Crippen LogP contribution in [0.3, 0.4) is 0 Å². The van der Waals surface area contributed by atoms with Crippen molar-refractivity contribution in [3.05, 3.63) is 59.7 Å². The van der Waals surface area contributed by atoms with E-state index in [1.165, 1.54) is 11.1 Å². The molecule has 1 aliphatic heterocycles. The lowest BCUT2D eigenvalue weighted by molar-refractivity contribution is 0.272. The quantitative estimate of drug-likeness (QED) is 0.760. The van der Waals surface area contributed by atoms with Crippen molar-refractivity contribution in [2.45, 2.75) is 19.6 Å². The minimum absolute atomic E-state index is 0.900. The summed E-state index contributed by atoms with van der Waals surface area (Å²) in [6, 6.07) is 10.6. The van der Waals surface area contributed by atoms with Gasteiger partial charge in [0.15, 0.2) is 0 Å². The van der Waals surface area contributed by atoms with Crippen molar-refractivity contribution in [1.82, 2.24) is 14.9 Å². The van der Waals surface area contributed by atoms with Gasteiger partial charge in [-0.15, -0.1) is 0 Å². The molecule has 2 heterocycles. The topological polar surface area (TPSA) is 29.0 Å². The first-order chi connectivity index (χ1) is 7.92. The van der Waals surface area contributed by atoms with Crippen LogP contribution < -0.4 is 0 Å². The Kier molecular flexibility index (Phi) is 2.38. The van der Waals surface area contributed by atoms with E-state index >= 15 is 0 Å². The summed E-state index contributed by atoms with van der Waals surface area (Å²) >= 11 is 0. The molecule has 1 aromatic carbocycles. The Morgan fingerprint density at radius 1 is 1.06 bits per heavy atom. The standard InChI is InChI=1S/C13H13N3/c1-2-4-12-8-16(7-11(12)3-1)9-13-5-6-14-10-15-13/h1-6,10H,7-9H2. The zero-order valence-electron chi connectivity index (χ0n) is 9.00. The molecule has 0 N–H and O–H groups in total. The Hall–Kier alpha value is -1.74. The highest BCUT2D eigenvalue weighted by Gasteiger charge is 2.18. The molecule has 1 aliphatic rings. The van der Waals surface area contributed by atoms with Crippen LogP contribution in [0.15, 0.2) is 42.9 Å². The van der Waals surface area contributed by atoms with Crippen LogP contribution in [-0.4, -0.2) is 14.9 Å². The molecule has 0 saturated heterocycles. The second-order valence-electron chi connectivity index (χ2n) is 4.11. The second kappa shape index (κ2) is 4.02. The molecule has 3 nitrogen and oxygen atoms in total. The summed E-state index contributed by atoms with van der Waals surface area (Å²) in [6.45, 7) is 2.96. The maximum atomic E-state index is 4.25. The lowest BCUT2D eigenvalue weighted by Crippen LogP contribution is -2.16. The zero-order valence-corrected chi connectivity index (χ0v) is 9.00. The third-order valence-corrected chi connectivity index (χ3v) is 2.94. The fourth-order valence-corrected chi connectivity index (χ4v) is 2.16. The maximum Gasteiger partial charge on any atom is 0.115 e. The molecule has 80 valence electrons. The van der Waals surface area contributed by atoms with Crippen molar-refractivity contribution in [2.24, 2.45) is 0 Å². The van der Waals surface area contributed by atoms with Gasteiger partial charge in [0.05, 0.1) is 5.69 Å². The smallest absolute Gasteiger partial charge is 0.115 e. The average Bonchev–Trinajstić information content (AvgIpc) is 2.72. The van der Waals surface area contributed by atoms with E-state index in [1.807, 2.05) is 6.07 Å². The average molecular weight is 211 g/mol. The molecule has 2 aromatic rings. The largest absolute Gasteiger partial charge is 0.289 e. The van der Waals surface area contributed by atoms with E-state index in [1.54, 1.807) is 12.5 Å². The Morgan fingerprint density at radius 2 is 1.81 bits per heavy atom. The number of fused-ring (bicyclic) bond motifs is 1. The molecule has 0 bridgehead atoms. The van der Waals surface area contributed by atoms with Crippen LogP contribution in [0.5, 0.6) is 0 Å². The molecule has 1 aromatic heterocycles. The van der Waals surface area contributed by atoms with Crippen LogP contribution in [-0.2, 0) is 19.6 Å². The van der Waals surface area contributed by atoms with Gasteiger partial charge in [0.2, 0.25) is 0 Å². The normalized spacial score (nSPS) is 15.0. The van der Waals surface area contributed by atoms with Gasteiger partial charge in [-0.05, 0) is 17.2 Å². The van der Waals surface area contributed by atoms with Gasteiger partial charge in [-0.25, -0.2) is 9.97 Å². The number of rotatable bonds is 2. The summed E-state index contributed by atoms with van der Waals surface area (Å²) in [4.78, 5) is 10.6. The molecular formula is C13H13N3. The maximum absolute atomic E-state index is 4.25. The minimum atomic E-state index is 0.900. The highest BCUT2D eigenvalue weighted by molar-refractivity contribution is 5.30. The van der Waals surface area contributed by atoms with Gasteiger partial charge in [-0.1, -0.05) is 24.3 Å². The molecule has 3 heteroatoms. The summed E-state index contributed by atoms with van der Waals surface area (Å²) in [5, 5.41) is 0. The van der Waals surface area contributed by atoms with E-state index in [0.29, 0.717) is 0 Å². The highest BCUT2D eigenvalue weighted by atomic mass is 15.1. The molecule has 3 rings (SSSR count). The summed E-state index contributed by atoms with van der Waals surface area (Å²) < 4.78 is 0. The van der Waals surface area contributed by atoms with E-state index in [9.17, 15) is 0 Å². The molecule has 0 atom stereocenters. The molecule has 0 spiro atoms. The summed E-state index contributed by atoms with van der Waals surface area (Å²) in [5.74, 6) is 0. The molecule has 0 saturated carbocycles. The molecule has 0 aliphatic carbocycles. The van der Waals surface area contributed by atoms with Crippen LogP contribution in [0.25, 0.3) is 0 Å². The van der Waals surface area contributed by atoms with E-state index in [2.05, 4.69) is 39.1 Å². The van der Waals surface area contributed by atoms with Crippen molar-refractivity contribution in [3.63, 3.8) is 0 Å². The van der Waals surface area contributed by atoms with E-state index in [0.717, 1.165) is 25.3 Å². The Bertz CT molecular complexity index is 457. The first-order valence-corrected chi connectivity index (χ1v) is 5.46. The van der Waals surface area contributed by atoms with Gasteiger partial charge in [0.25, 0.3) is 0 Å². The van der Waals surface area contributed by atoms with E-state index in [-0.39, 0.29) is 0 Å². The van der Waals surface area contributed by atoms with E-state index in [4.69, 9.17) is 0 Å². The van der Waals surface area contributed by atoms with Crippen molar-refractivity contribution < 1.29 is 0 Å². The third-order valence-electron chi connectivity index (χ3n) is 2.94. The Morgan fingerprint density at radius 3 is 2.44 bits per heavy atom. The monoisotopic (exact) mass is 211 g/mol. The second-order valence-corrected chi connectivity index (χ2v) is 4.11. The van der Waals surface area contributed by atoms with Gasteiger partial charge >= 0.3 is 0 Å². The predicted molar refractivity (Wildman–Crippen MR) is 61.4 cm³/mol. The molecule has 16 heavy (non-hydrogen) atoms. The fourth-order valence-electron chi connectivity index (χ4n) is 2.16. The predicted octanol–water partition coefficient (Wildman–Crippen LogP) is 1.99. The van der Waals surface area contributed by atoms with Crippen LogP contribution in [0.1, 0.15) is 16.8 Å². The molecule has 0 amide bonds. The number of hydrogen-bond acceptors (Lipinski definition) is 3. The molecule has 0 radical (unpaired) electrons. The van der Waals surface area contributed by atoms with Crippen molar-refractivity contribution in [2.75, 3.05) is 0 Å². The zero-order chi connectivity index (χ0) is 10.8. The third kappa shape index (κ3) is 1.82. The SMILES string of the molecule is c1ccc2c(c1)CN(Cc1ccncn1)C2. The first-order valence-electron chi connectivity index (χ1n) is 5.46. The van der Waals surface area contributed by atoms with Gasteiger partial charge in [0.1, 0.15) is 6.33 Å². The first kappa shape index (κ1) is 9.48. The van der Waals surface area contributed by atoms with Gasteiger partial charge in [-0.2, -0.15) is 0 Å². The van der Waals surface area contributed by atoms with Crippen molar-refractivity contribution in [3.8, 4) is 0 Å². The van der Waals surface area contributed by atoms with Crippen LogP contribution in [0, 0.1) is 0 Å². The van der Waals surface area contributed by atoms with Gasteiger partial charge in [0, 0.05) is 25.8 Å². The minimum Gasteiger partial charge on any atom is -0.289 e. The van der Waals surface area contributed by atoms with E-state index < -0.39 is 0 Å². The molecule has 0 unspecified atom stereocenters. The summed E-state index contributed by atoms with van der Waals surface area (Å²) in [6.07, 6.45) is 3.41. The highest BCUT2D eigenvalue weighted by Crippen LogP contribution is 2.23. The molecule has 0 fully saturated rings. The van der Waals surface area contributed by atoms with Crippen LogP contribution >= 0.6 is 0 Å². The Balaban J connectivity index is 1.73. The summed E-state index contributed by atoms with van der Waals surface area (Å²) in [7, 11) is 0. The van der Waals surface area contributed by atoms with Gasteiger partial charge < -0.3 is 0 Å². The van der Waals surface area contributed by atoms with Crippen molar-refractivity contribution >= 4 is 0 Å². The molecular weight excluding hydrogens is 198 g/mol. The number of aromatic nitrogens is 2. The number of hydrogen-bond donors (Lipinski definition) is 0. The fraction of sp³-hybridized carbons (Fsp3) is 0.231. The number of benzene rings is 1. The summed E-state index contributed by atoms with van der Waals surface area (Å²) in [5.41, 5.74) is 3.97. The van der Waals surface area contributed by atoms with Crippen LogP contribution in [0.2, 0.25) is 0 Å². The lowest BCUT2D eigenvalue weighted by atomic mass is 10.1. The Labute approximate surface area is 94.8 Å². The lowest BCUT2D eigenvalue weighted by Gasteiger charge is -2.13. The van der Waals surface area contributed by atoms with Crippen molar-refractivity contribution in [1.29, 1.82) is 0 Å². The van der Waals surface area contributed by atoms with Crippen LogP contribution in [0.4, 0.5) is 0 Å². The number of nitrogens with zero attached hydrogens (tertiary/aromatic N) is 3. The van der Waals surface area contributed by atoms with Gasteiger partial charge in [-0.3, -0.25) is 4.90 Å².